The van der Waals surface area contributed by atoms with Crippen LogP contribution in [0, 0.1) is 5.82 Å². The molecule has 1 aromatic carbocycles. The van der Waals surface area contributed by atoms with Crippen molar-refractivity contribution in [3.05, 3.63) is 52.5 Å². The van der Waals surface area contributed by atoms with Crippen LogP contribution in [0.5, 0.6) is 5.75 Å². The summed E-state index contributed by atoms with van der Waals surface area (Å²) in [6.07, 6.45) is -0.281. The highest BCUT2D eigenvalue weighted by Gasteiger charge is 2.14. The fourth-order valence-corrected chi connectivity index (χ4v) is 2.16. The summed E-state index contributed by atoms with van der Waals surface area (Å²) >= 11 is 1.55. The van der Waals surface area contributed by atoms with Crippen molar-refractivity contribution in [3.63, 3.8) is 0 Å². The van der Waals surface area contributed by atoms with E-state index < -0.39 is 0 Å². The lowest BCUT2D eigenvalue weighted by Crippen LogP contribution is -2.17. The molecule has 2 aromatic rings. The Morgan fingerprint density at radius 2 is 2.06 bits per heavy atom. The average molecular weight is 237 g/mol. The van der Waals surface area contributed by atoms with E-state index in [1.165, 1.54) is 6.07 Å². The number of para-hydroxylation sites is 1. The smallest absolute Gasteiger partial charge is 0.165 e. The van der Waals surface area contributed by atoms with Gasteiger partial charge in [0.05, 0.1) is 0 Å². The number of thiophene rings is 1. The van der Waals surface area contributed by atoms with Crippen LogP contribution in [0.2, 0.25) is 0 Å². The van der Waals surface area contributed by atoms with E-state index in [0.717, 1.165) is 4.88 Å². The van der Waals surface area contributed by atoms with E-state index in [4.69, 9.17) is 10.5 Å². The second-order valence-electron chi connectivity index (χ2n) is 3.29. The molecule has 0 radical (unpaired) electrons. The van der Waals surface area contributed by atoms with Crippen LogP contribution in [-0.2, 0) is 0 Å². The third-order valence-corrected chi connectivity index (χ3v) is 3.14. The highest BCUT2D eigenvalue weighted by molar-refractivity contribution is 7.10. The van der Waals surface area contributed by atoms with Gasteiger partial charge in [0, 0.05) is 11.4 Å². The number of hydrogen-bond donors (Lipinski definition) is 1. The third kappa shape index (κ3) is 2.40. The van der Waals surface area contributed by atoms with Crippen molar-refractivity contribution in [1.29, 1.82) is 0 Å². The molecule has 1 unspecified atom stereocenters. The molecule has 16 heavy (non-hydrogen) atoms. The van der Waals surface area contributed by atoms with E-state index in [1.807, 2.05) is 17.5 Å². The van der Waals surface area contributed by atoms with Gasteiger partial charge in [-0.15, -0.1) is 11.3 Å². The Balaban J connectivity index is 2.17. The minimum atomic E-state index is -0.363. The highest BCUT2D eigenvalue weighted by Crippen LogP contribution is 2.26. The quantitative estimate of drug-likeness (QED) is 0.887. The molecule has 0 fully saturated rings. The van der Waals surface area contributed by atoms with Crippen LogP contribution in [0.15, 0.2) is 41.8 Å². The first-order valence-electron chi connectivity index (χ1n) is 4.96. The summed E-state index contributed by atoms with van der Waals surface area (Å²) in [5.41, 5.74) is 5.62. The van der Waals surface area contributed by atoms with Gasteiger partial charge in [-0.1, -0.05) is 18.2 Å². The number of halogens is 1. The molecule has 1 heterocycles. The van der Waals surface area contributed by atoms with Gasteiger partial charge >= 0.3 is 0 Å². The minimum absolute atomic E-state index is 0.242. The molecule has 0 aliphatic heterocycles. The fraction of sp³-hybridized carbons (Fsp3) is 0.167. The Bertz CT molecular complexity index is 444. The summed E-state index contributed by atoms with van der Waals surface area (Å²) in [6.45, 7) is 0.328. The van der Waals surface area contributed by atoms with E-state index in [-0.39, 0.29) is 17.7 Å². The van der Waals surface area contributed by atoms with E-state index >= 15 is 0 Å². The van der Waals surface area contributed by atoms with Crippen molar-refractivity contribution in [3.8, 4) is 5.75 Å². The number of hydrogen-bond acceptors (Lipinski definition) is 3. The first-order valence-corrected chi connectivity index (χ1v) is 5.84. The third-order valence-electron chi connectivity index (χ3n) is 2.18. The lowest BCUT2D eigenvalue weighted by molar-refractivity contribution is 0.208. The molecule has 0 saturated heterocycles. The molecule has 2 rings (SSSR count). The van der Waals surface area contributed by atoms with E-state index in [9.17, 15) is 4.39 Å². The van der Waals surface area contributed by atoms with Crippen LogP contribution in [0.3, 0.4) is 0 Å². The standard InChI is InChI=1S/C12H12FNOS/c13-9-4-1-2-5-10(9)15-11(8-14)12-6-3-7-16-12/h1-7,11H,8,14H2. The average Bonchev–Trinajstić information content (AvgIpc) is 2.81. The Morgan fingerprint density at radius 3 is 2.69 bits per heavy atom. The predicted octanol–water partition coefficient (Wildman–Crippen LogP) is 2.97. The topological polar surface area (TPSA) is 35.2 Å². The molecule has 0 saturated carbocycles. The number of nitrogens with two attached hydrogens (primary N) is 1. The van der Waals surface area contributed by atoms with Crippen LogP contribution in [0.25, 0.3) is 0 Å². The van der Waals surface area contributed by atoms with Gasteiger partial charge in [0.2, 0.25) is 0 Å². The number of benzene rings is 1. The number of ether oxygens (including phenoxy) is 1. The maximum absolute atomic E-state index is 13.4. The van der Waals surface area contributed by atoms with Crippen LogP contribution < -0.4 is 10.5 Å². The molecule has 84 valence electrons. The normalized spacial score (nSPS) is 12.4. The summed E-state index contributed by atoms with van der Waals surface area (Å²) < 4.78 is 18.9. The molecule has 1 atom stereocenters. The SMILES string of the molecule is NCC(Oc1ccccc1F)c1cccs1. The van der Waals surface area contributed by atoms with Crippen molar-refractivity contribution in [2.75, 3.05) is 6.54 Å². The van der Waals surface area contributed by atoms with E-state index in [1.54, 1.807) is 29.5 Å². The summed E-state index contributed by atoms with van der Waals surface area (Å²) in [6, 6.07) is 10.2. The zero-order valence-corrected chi connectivity index (χ0v) is 9.41. The molecule has 2 N–H and O–H groups in total. The molecule has 0 aliphatic carbocycles. The van der Waals surface area contributed by atoms with Crippen LogP contribution in [-0.4, -0.2) is 6.54 Å². The Labute approximate surface area is 97.5 Å². The largest absolute Gasteiger partial charge is 0.480 e. The van der Waals surface area contributed by atoms with Gasteiger partial charge in [-0.25, -0.2) is 4.39 Å². The molecule has 4 heteroatoms. The summed E-state index contributed by atoms with van der Waals surface area (Å²) in [5, 5.41) is 1.95. The molecule has 0 aliphatic rings. The molecule has 0 amide bonds. The van der Waals surface area contributed by atoms with Gasteiger partial charge in [0.15, 0.2) is 11.6 Å². The Hall–Kier alpha value is -1.39. The van der Waals surface area contributed by atoms with E-state index in [2.05, 4.69) is 0 Å². The van der Waals surface area contributed by atoms with Crippen molar-refractivity contribution >= 4 is 11.3 Å². The van der Waals surface area contributed by atoms with Gasteiger partial charge < -0.3 is 10.5 Å². The van der Waals surface area contributed by atoms with Crippen molar-refractivity contribution < 1.29 is 9.13 Å². The summed E-state index contributed by atoms with van der Waals surface area (Å²) in [4.78, 5) is 1.01. The van der Waals surface area contributed by atoms with Gasteiger partial charge in [-0.3, -0.25) is 0 Å². The number of rotatable bonds is 4. The lowest BCUT2D eigenvalue weighted by Gasteiger charge is -2.16. The monoisotopic (exact) mass is 237 g/mol. The fourth-order valence-electron chi connectivity index (χ4n) is 1.39. The van der Waals surface area contributed by atoms with Crippen LogP contribution in [0.1, 0.15) is 11.0 Å². The van der Waals surface area contributed by atoms with Gasteiger partial charge in [-0.2, -0.15) is 0 Å². The van der Waals surface area contributed by atoms with Gasteiger partial charge in [0.1, 0.15) is 6.10 Å². The van der Waals surface area contributed by atoms with Gasteiger partial charge in [-0.05, 0) is 23.6 Å². The summed E-state index contributed by atoms with van der Waals surface area (Å²) in [7, 11) is 0. The predicted molar refractivity (Wildman–Crippen MR) is 63.1 cm³/mol. The minimum Gasteiger partial charge on any atom is -0.480 e. The summed E-state index contributed by atoms with van der Waals surface area (Å²) in [5.74, 6) is -0.121. The highest BCUT2D eigenvalue weighted by atomic mass is 32.1. The van der Waals surface area contributed by atoms with Gasteiger partial charge in [0.25, 0.3) is 0 Å². The molecule has 0 bridgehead atoms. The zero-order chi connectivity index (χ0) is 11.4. The first kappa shape index (κ1) is 11.1. The maximum atomic E-state index is 13.4. The second kappa shape index (κ2) is 5.09. The van der Waals surface area contributed by atoms with Crippen LogP contribution >= 0.6 is 11.3 Å². The molecule has 1 aromatic heterocycles. The van der Waals surface area contributed by atoms with E-state index in [0.29, 0.717) is 6.54 Å². The molecule has 2 nitrogen and oxygen atoms in total. The maximum Gasteiger partial charge on any atom is 0.165 e. The van der Waals surface area contributed by atoms with Crippen molar-refractivity contribution in [2.24, 2.45) is 5.73 Å². The molecule has 0 spiro atoms. The zero-order valence-electron chi connectivity index (χ0n) is 8.60. The first-order chi connectivity index (χ1) is 7.81. The lowest BCUT2D eigenvalue weighted by atomic mass is 10.3. The Morgan fingerprint density at radius 1 is 1.25 bits per heavy atom. The second-order valence-corrected chi connectivity index (χ2v) is 4.27. The molecular weight excluding hydrogens is 225 g/mol. The Kier molecular flexibility index (Phi) is 3.54. The van der Waals surface area contributed by atoms with Crippen molar-refractivity contribution in [2.45, 2.75) is 6.10 Å². The van der Waals surface area contributed by atoms with Crippen LogP contribution in [0.4, 0.5) is 4.39 Å². The van der Waals surface area contributed by atoms with Crippen molar-refractivity contribution in [1.82, 2.24) is 0 Å². The molecular formula is C12H12FNOS.